The van der Waals surface area contributed by atoms with Crippen molar-refractivity contribution in [3.05, 3.63) is 96.1 Å². The van der Waals surface area contributed by atoms with E-state index >= 15 is 0 Å². The number of imide groups is 1. The molecule has 0 aliphatic carbocycles. The first-order valence-corrected chi connectivity index (χ1v) is 16.6. The first kappa shape index (κ1) is 38.6. The number of carbonyl (C=O) groups excluding carboxylic acids is 5. The molecule has 0 aliphatic heterocycles. The van der Waals surface area contributed by atoms with Crippen LogP contribution in [-0.4, -0.2) is 71.4 Å². The van der Waals surface area contributed by atoms with Gasteiger partial charge >= 0.3 is 6.09 Å². The number of hydrogen-bond donors (Lipinski definition) is 4. The molecule has 3 aromatic rings. The highest BCUT2D eigenvalue weighted by Gasteiger charge is 2.42. The van der Waals surface area contributed by atoms with Gasteiger partial charge in [-0.2, -0.15) is 0 Å². The zero-order valence-corrected chi connectivity index (χ0v) is 28.5. The Hall–Kier alpha value is -4.87. The summed E-state index contributed by atoms with van der Waals surface area (Å²) in [6.45, 7) is 3.76. The molecule has 4 atom stereocenters. The summed E-state index contributed by atoms with van der Waals surface area (Å²) in [5.74, 6) is -1.93. The molecule has 0 saturated heterocycles. The predicted molar refractivity (Wildman–Crippen MR) is 187 cm³/mol. The number of unbranched alkanes of at least 4 members (excludes halogenated alkanes) is 2. The van der Waals surface area contributed by atoms with Gasteiger partial charge in [0.05, 0.1) is 18.7 Å². The zero-order valence-electron chi connectivity index (χ0n) is 28.5. The van der Waals surface area contributed by atoms with Crippen molar-refractivity contribution < 1.29 is 33.8 Å². The highest BCUT2D eigenvalue weighted by atomic mass is 16.6. The molecule has 0 bridgehead atoms. The second kappa shape index (κ2) is 19.2. The third-order valence-electron chi connectivity index (χ3n) is 8.49. The number of nitrogens with zero attached hydrogens (tertiary/aromatic N) is 1. The van der Waals surface area contributed by atoms with Gasteiger partial charge in [-0.25, -0.2) is 9.69 Å². The van der Waals surface area contributed by atoms with Gasteiger partial charge in [-0.1, -0.05) is 105 Å². The number of amides is 4. The van der Waals surface area contributed by atoms with Crippen LogP contribution in [-0.2, 0) is 36.9 Å². The Labute approximate surface area is 288 Å². The molecule has 4 amide bonds. The fourth-order valence-corrected chi connectivity index (χ4v) is 5.53. The quantitative estimate of drug-likeness (QED) is 0.115. The molecule has 262 valence electrons. The van der Waals surface area contributed by atoms with Crippen molar-refractivity contribution in [1.29, 1.82) is 0 Å². The molecule has 0 heterocycles. The molecule has 49 heavy (non-hydrogen) atoms. The van der Waals surface area contributed by atoms with Crippen molar-refractivity contribution >= 4 is 30.1 Å². The number of hydrogen-bond acceptors (Lipinski definition) is 8. The van der Waals surface area contributed by atoms with Crippen LogP contribution in [0, 0.1) is 5.41 Å². The van der Waals surface area contributed by atoms with Gasteiger partial charge in [0.15, 0.2) is 0 Å². The van der Waals surface area contributed by atoms with Crippen molar-refractivity contribution in [3.63, 3.8) is 0 Å². The summed E-state index contributed by atoms with van der Waals surface area (Å²) in [5, 5.41) is 16.5. The van der Waals surface area contributed by atoms with Crippen molar-refractivity contribution in [2.75, 3.05) is 13.2 Å². The van der Waals surface area contributed by atoms with Crippen LogP contribution in [0.25, 0.3) is 11.1 Å². The molecule has 0 aromatic heterocycles. The van der Waals surface area contributed by atoms with Gasteiger partial charge in [0, 0.05) is 18.4 Å². The molecule has 2 unspecified atom stereocenters. The molecule has 0 spiro atoms. The highest BCUT2D eigenvalue weighted by Crippen LogP contribution is 2.32. The summed E-state index contributed by atoms with van der Waals surface area (Å²) >= 11 is 0. The minimum absolute atomic E-state index is 0.0868. The maximum atomic E-state index is 13.7. The van der Waals surface area contributed by atoms with Crippen LogP contribution in [0.3, 0.4) is 0 Å². The fraction of sp³-hybridized carbons (Fsp3) is 0.395. The van der Waals surface area contributed by atoms with E-state index in [0.29, 0.717) is 23.2 Å². The number of benzene rings is 3. The van der Waals surface area contributed by atoms with Crippen molar-refractivity contribution in [3.8, 4) is 11.1 Å². The largest absolute Gasteiger partial charge is 0.444 e. The fourth-order valence-electron chi connectivity index (χ4n) is 5.53. The van der Waals surface area contributed by atoms with Gasteiger partial charge in [-0.05, 0) is 48.9 Å². The molecule has 5 N–H and O–H groups in total. The van der Waals surface area contributed by atoms with Crippen LogP contribution in [0.4, 0.5) is 4.79 Å². The van der Waals surface area contributed by atoms with Crippen LogP contribution >= 0.6 is 0 Å². The third-order valence-corrected chi connectivity index (χ3v) is 8.49. The lowest BCUT2D eigenvalue weighted by atomic mass is 9.74. The van der Waals surface area contributed by atoms with E-state index in [2.05, 4.69) is 10.6 Å². The average Bonchev–Trinajstić information content (AvgIpc) is 3.12. The lowest BCUT2D eigenvalue weighted by Crippen LogP contribution is -2.59. The molecule has 3 aromatic carbocycles. The minimum Gasteiger partial charge on any atom is -0.444 e. The van der Waals surface area contributed by atoms with Gasteiger partial charge in [-0.15, -0.1) is 0 Å². The van der Waals surface area contributed by atoms with E-state index in [1.807, 2.05) is 67.6 Å². The molecule has 0 aliphatic rings. The summed E-state index contributed by atoms with van der Waals surface area (Å²) in [6.07, 6.45) is 2.19. The number of aliphatic hydroxyl groups excluding tert-OH is 1. The smallest absolute Gasteiger partial charge is 0.417 e. The zero-order chi connectivity index (χ0) is 35.8. The summed E-state index contributed by atoms with van der Waals surface area (Å²) in [5.41, 5.74) is 7.65. The molecular weight excluding hydrogens is 624 g/mol. The van der Waals surface area contributed by atoms with Crippen LogP contribution in [0.1, 0.15) is 57.6 Å². The van der Waals surface area contributed by atoms with E-state index in [9.17, 15) is 29.1 Å². The maximum absolute atomic E-state index is 13.7. The number of rotatable bonds is 18. The summed E-state index contributed by atoms with van der Waals surface area (Å²) in [4.78, 5) is 66.3. The lowest BCUT2D eigenvalue weighted by Gasteiger charge is -2.38. The molecule has 3 rings (SSSR count). The third kappa shape index (κ3) is 10.8. The van der Waals surface area contributed by atoms with Crippen molar-refractivity contribution in [2.24, 2.45) is 11.1 Å². The number of aldehydes is 1. The first-order chi connectivity index (χ1) is 23.6. The normalized spacial score (nSPS) is 14.0. The topological polar surface area (TPSA) is 168 Å². The molecule has 11 heteroatoms. The Morgan fingerprint density at radius 1 is 0.939 bits per heavy atom. The maximum Gasteiger partial charge on any atom is 0.417 e. The van der Waals surface area contributed by atoms with E-state index in [0.717, 1.165) is 29.5 Å². The van der Waals surface area contributed by atoms with E-state index in [1.165, 1.54) is 13.8 Å². The van der Waals surface area contributed by atoms with E-state index < -0.39 is 48.1 Å². The molecule has 0 fully saturated rings. The van der Waals surface area contributed by atoms with Crippen LogP contribution < -0.4 is 16.4 Å². The van der Waals surface area contributed by atoms with Crippen LogP contribution in [0.15, 0.2) is 84.9 Å². The number of aliphatic hydroxyl groups is 1. The Balaban J connectivity index is 1.92. The highest BCUT2D eigenvalue weighted by molar-refractivity contribution is 5.99. The lowest BCUT2D eigenvalue weighted by molar-refractivity contribution is -0.139. The Bertz CT molecular complexity index is 1530. The standard InChI is InChI=1S/C38H48N4O7/c1-4-5-8-21-34(45)41-33(23-43)38(26-44,22-31-19-13-14-20-32(31)30-17-11-7-12-18-30)25-40-35(46)28(3)42(36(47)27(2)39)37(48)49-24-29-15-9-6-10-16-29/h6-7,9-20,23,27-28,33,44H,4-5,8,21-22,24-26,39H2,1-3H3,(H,40,46)(H,41,45)/t27-,28-,33?,38?/m0/s1. The Morgan fingerprint density at radius 3 is 2.18 bits per heavy atom. The van der Waals surface area contributed by atoms with Gasteiger partial charge in [0.2, 0.25) is 17.7 Å². The average molecular weight is 673 g/mol. The van der Waals surface area contributed by atoms with Crippen molar-refractivity contribution in [1.82, 2.24) is 15.5 Å². The second-order valence-electron chi connectivity index (χ2n) is 12.3. The second-order valence-corrected chi connectivity index (χ2v) is 12.3. The SMILES string of the molecule is CCCCCC(=O)NC(C=O)C(CO)(CNC(=O)[C@H](C)N(C(=O)OCc1ccccc1)C(=O)[C@H](C)N)Cc1ccccc1-c1ccccc1. The summed E-state index contributed by atoms with van der Waals surface area (Å²) in [7, 11) is 0. The first-order valence-electron chi connectivity index (χ1n) is 16.6. The van der Waals surface area contributed by atoms with E-state index in [1.54, 1.807) is 24.3 Å². The Kier molecular flexibility index (Phi) is 15.1. The Morgan fingerprint density at radius 2 is 1.57 bits per heavy atom. The number of ether oxygens (including phenoxy) is 1. The van der Waals surface area contributed by atoms with Gasteiger partial charge in [0.25, 0.3) is 0 Å². The van der Waals surface area contributed by atoms with Crippen LogP contribution in [0.2, 0.25) is 0 Å². The van der Waals surface area contributed by atoms with E-state index in [4.69, 9.17) is 10.5 Å². The van der Waals surface area contributed by atoms with Crippen molar-refractivity contribution in [2.45, 2.75) is 77.6 Å². The summed E-state index contributed by atoms with van der Waals surface area (Å²) < 4.78 is 5.37. The number of carbonyl (C=O) groups is 5. The minimum atomic E-state index is -1.41. The molecule has 0 radical (unpaired) electrons. The van der Waals surface area contributed by atoms with E-state index in [-0.39, 0.29) is 31.9 Å². The van der Waals surface area contributed by atoms with Gasteiger partial charge < -0.3 is 31.0 Å². The molecular formula is C38H48N4O7. The summed E-state index contributed by atoms with van der Waals surface area (Å²) in [6, 6.07) is 22.3. The monoisotopic (exact) mass is 672 g/mol. The van der Waals surface area contributed by atoms with Gasteiger partial charge in [-0.3, -0.25) is 14.4 Å². The molecule has 0 saturated carbocycles. The van der Waals surface area contributed by atoms with Crippen LogP contribution in [0.5, 0.6) is 0 Å². The molecule has 11 nitrogen and oxygen atoms in total. The number of nitrogens with two attached hydrogens (primary N) is 1. The van der Waals surface area contributed by atoms with Gasteiger partial charge in [0.1, 0.15) is 18.9 Å². The number of nitrogens with one attached hydrogen (secondary N) is 2. The predicted octanol–water partition coefficient (Wildman–Crippen LogP) is 4.16.